The number of esters is 1. The van der Waals surface area contributed by atoms with E-state index < -0.39 is 15.9 Å². The van der Waals surface area contributed by atoms with Crippen molar-refractivity contribution in [2.24, 2.45) is 0 Å². The topological polar surface area (TPSA) is 89.5 Å². The average molecular weight is 307 g/mol. The molecular formula is C13H25NO5S. The van der Waals surface area contributed by atoms with Gasteiger partial charge in [0, 0.05) is 26.1 Å². The molecule has 0 fully saturated rings. The van der Waals surface area contributed by atoms with E-state index in [1.807, 2.05) is 0 Å². The van der Waals surface area contributed by atoms with Gasteiger partial charge in [-0.1, -0.05) is 13.3 Å². The molecule has 1 atom stereocenters. The number of amides is 1. The summed E-state index contributed by atoms with van der Waals surface area (Å²) in [6.07, 6.45) is 3.77. The van der Waals surface area contributed by atoms with Gasteiger partial charge in [-0.05, 0) is 19.3 Å². The van der Waals surface area contributed by atoms with Gasteiger partial charge in [-0.25, -0.2) is 8.42 Å². The van der Waals surface area contributed by atoms with E-state index in [-0.39, 0.29) is 24.1 Å². The Labute approximate surface area is 121 Å². The lowest BCUT2D eigenvalue weighted by atomic mass is 10.1. The van der Waals surface area contributed by atoms with Crippen molar-refractivity contribution in [3.8, 4) is 0 Å². The van der Waals surface area contributed by atoms with Crippen molar-refractivity contribution in [3.05, 3.63) is 0 Å². The smallest absolute Gasteiger partial charge is 0.305 e. The Kier molecular flexibility index (Phi) is 9.20. The summed E-state index contributed by atoms with van der Waals surface area (Å²) in [4.78, 5) is 21.9. The first kappa shape index (κ1) is 18.9. The zero-order valence-corrected chi connectivity index (χ0v) is 13.3. The van der Waals surface area contributed by atoms with Crippen molar-refractivity contribution in [2.75, 3.05) is 18.6 Å². The summed E-state index contributed by atoms with van der Waals surface area (Å²) in [7, 11) is -3.17. The van der Waals surface area contributed by atoms with Crippen LogP contribution in [0.1, 0.15) is 46.0 Å². The second-order valence-electron chi connectivity index (χ2n) is 4.89. The van der Waals surface area contributed by atoms with Crippen LogP contribution in [0, 0.1) is 0 Å². The van der Waals surface area contributed by atoms with E-state index in [0.29, 0.717) is 13.0 Å². The minimum Gasteiger partial charge on any atom is -0.461 e. The van der Waals surface area contributed by atoms with Crippen LogP contribution in [0.3, 0.4) is 0 Å². The van der Waals surface area contributed by atoms with Gasteiger partial charge in [0.1, 0.15) is 6.10 Å². The number of carbonyl (C=O) groups excluding carboxylic acids is 2. The molecule has 0 saturated carbocycles. The largest absolute Gasteiger partial charge is 0.461 e. The number of unbranched alkanes of at least 4 members (excludes halogenated alkanes) is 2. The van der Waals surface area contributed by atoms with E-state index in [1.54, 1.807) is 6.92 Å². The molecule has 0 radical (unpaired) electrons. The Morgan fingerprint density at radius 2 is 1.85 bits per heavy atom. The van der Waals surface area contributed by atoms with Crippen LogP contribution in [0.2, 0.25) is 0 Å². The lowest BCUT2D eigenvalue weighted by Gasteiger charge is -2.16. The van der Waals surface area contributed by atoms with Crippen molar-refractivity contribution >= 4 is 21.7 Å². The van der Waals surface area contributed by atoms with Gasteiger partial charge in [0.2, 0.25) is 5.91 Å². The lowest BCUT2D eigenvalue weighted by Crippen LogP contribution is -2.26. The normalized spacial score (nSPS) is 12.8. The number of rotatable bonds is 10. The number of hydrogen-bond acceptors (Lipinski definition) is 5. The van der Waals surface area contributed by atoms with E-state index in [9.17, 15) is 18.0 Å². The maximum Gasteiger partial charge on any atom is 0.305 e. The summed E-state index contributed by atoms with van der Waals surface area (Å²) in [5, 5.41) is 2.69. The van der Waals surface area contributed by atoms with Crippen molar-refractivity contribution < 1.29 is 22.7 Å². The van der Waals surface area contributed by atoms with Crippen LogP contribution in [-0.2, 0) is 24.2 Å². The highest BCUT2D eigenvalue weighted by molar-refractivity contribution is 7.90. The van der Waals surface area contributed by atoms with Gasteiger partial charge in [0.05, 0.1) is 5.75 Å². The predicted molar refractivity (Wildman–Crippen MR) is 77.0 cm³/mol. The first-order chi connectivity index (χ1) is 9.24. The van der Waals surface area contributed by atoms with Gasteiger partial charge in [0.15, 0.2) is 9.84 Å². The Hall–Kier alpha value is -1.11. The number of sulfone groups is 1. The van der Waals surface area contributed by atoms with E-state index in [2.05, 4.69) is 5.32 Å². The Bertz CT molecular complexity index is 405. The summed E-state index contributed by atoms with van der Waals surface area (Å²) in [6.45, 7) is 3.75. The zero-order valence-electron chi connectivity index (χ0n) is 12.5. The van der Waals surface area contributed by atoms with Crippen LogP contribution in [0.5, 0.6) is 0 Å². The summed E-state index contributed by atoms with van der Waals surface area (Å²) >= 11 is 0. The molecule has 0 aromatic rings. The fraction of sp³-hybridized carbons (Fsp3) is 0.846. The highest BCUT2D eigenvalue weighted by Gasteiger charge is 2.18. The second kappa shape index (κ2) is 9.74. The fourth-order valence-corrected chi connectivity index (χ4v) is 2.63. The van der Waals surface area contributed by atoms with E-state index in [0.717, 1.165) is 25.5 Å². The molecule has 0 saturated heterocycles. The predicted octanol–water partition coefficient (Wildman–Crippen LogP) is 1.05. The standard InChI is InChI=1S/C13H25NO5S/c1-4-13(16)19-12(10-20(3,17)18)8-6-5-7-9-14-11(2)15/h12H,4-10H2,1-3H3,(H,14,15). The number of hydrogen-bond donors (Lipinski definition) is 1. The molecule has 7 heteroatoms. The van der Waals surface area contributed by atoms with Gasteiger partial charge in [-0.15, -0.1) is 0 Å². The van der Waals surface area contributed by atoms with Crippen molar-refractivity contribution in [1.29, 1.82) is 0 Å². The van der Waals surface area contributed by atoms with Gasteiger partial charge >= 0.3 is 5.97 Å². The molecule has 6 nitrogen and oxygen atoms in total. The zero-order chi connectivity index (χ0) is 15.6. The van der Waals surface area contributed by atoms with Crippen molar-refractivity contribution in [1.82, 2.24) is 5.32 Å². The minimum atomic E-state index is -3.17. The molecule has 1 unspecified atom stereocenters. The molecule has 1 amide bonds. The maximum absolute atomic E-state index is 11.3. The molecule has 1 N–H and O–H groups in total. The number of carbonyl (C=O) groups is 2. The monoisotopic (exact) mass is 307 g/mol. The van der Waals surface area contributed by atoms with Crippen LogP contribution in [0.4, 0.5) is 0 Å². The highest BCUT2D eigenvalue weighted by Crippen LogP contribution is 2.10. The molecule has 0 aliphatic heterocycles. The van der Waals surface area contributed by atoms with Gasteiger partial charge < -0.3 is 10.1 Å². The molecule has 0 aromatic heterocycles. The molecule has 0 aliphatic carbocycles. The van der Waals surface area contributed by atoms with Crippen LogP contribution in [0.25, 0.3) is 0 Å². The Morgan fingerprint density at radius 3 is 2.35 bits per heavy atom. The third-order valence-corrected chi connectivity index (χ3v) is 3.63. The Morgan fingerprint density at radius 1 is 1.20 bits per heavy atom. The maximum atomic E-state index is 11.3. The van der Waals surface area contributed by atoms with Crippen LogP contribution in [0.15, 0.2) is 0 Å². The SMILES string of the molecule is CCC(=O)OC(CCCCCNC(C)=O)CS(C)(=O)=O. The van der Waals surface area contributed by atoms with Crippen LogP contribution >= 0.6 is 0 Å². The molecule has 0 heterocycles. The molecule has 0 aliphatic rings. The summed E-state index contributed by atoms with van der Waals surface area (Å²) < 4.78 is 27.7. The number of nitrogens with one attached hydrogen (secondary N) is 1. The van der Waals surface area contributed by atoms with E-state index in [1.165, 1.54) is 6.92 Å². The third kappa shape index (κ3) is 12.0. The van der Waals surface area contributed by atoms with Crippen molar-refractivity contribution in [3.63, 3.8) is 0 Å². The molecule has 0 spiro atoms. The summed E-state index contributed by atoms with van der Waals surface area (Å²) in [6, 6.07) is 0. The van der Waals surface area contributed by atoms with E-state index >= 15 is 0 Å². The second-order valence-corrected chi connectivity index (χ2v) is 7.07. The molecule has 118 valence electrons. The quantitative estimate of drug-likeness (QED) is 0.481. The minimum absolute atomic E-state index is 0.0585. The molecule has 0 rings (SSSR count). The van der Waals surface area contributed by atoms with Gasteiger partial charge in [0.25, 0.3) is 0 Å². The average Bonchev–Trinajstić information content (AvgIpc) is 2.30. The molecule has 0 bridgehead atoms. The van der Waals surface area contributed by atoms with Crippen molar-refractivity contribution in [2.45, 2.75) is 52.1 Å². The van der Waals surface area contributed by atoms with Crippen LogP contribution in [-0.4, -0.2) is 45.0 Å². The van der Waals surface area contributed by atoms with Gasteiger partial charge in [-0.3, -0.25) is 9.59 Å². The lowest BCUT2D eigenvalue weighted by molar-refractivity contribution is -0.147. The molecule has 0 aromatic carbocycles. The number of ether oxygens (including phenoxy) is 1. The first-order valence-electron chi connectivity index (χ1n) is 6.86. The van der Waals surface area contributed by atoms with Crippen LogP contribution < -0.4 is 5.32 Å². The fourth-order valence-electron chi connectivity index (χ4n) is 1.72. The van der Waals surface area contributed by atoms with Gasteiger partial charge in [-0.2, -0.15) is 0 Å². The molecule has 20 heavy (non-hydrogen) atoms. The highest BCUT2D eigenvalue weighted by atomic mass is 32.2. The molecular weight excluding hydrogens is 282 g/mol. The third-order valence-electron chi connectivity index (χ3n) is 2.65. The summed E-state index contributed by atoms with van der Waals surface area (Å²) in [5.74, 6) is -0.571. The summed E-state index contributed by atoms with van der Waals surface area (Å²) in [5.41, 5.74) is 0. The Balaban J connectivity index is 4.03. The van der Waals surface area contributed by atoms with E-state index in [4.69, 9.17) is 4.74 Å². The first-order valence-corrected chi connectivity index (χ1v) is 8.92.